The summed E-state index contributed by atoms with van der Waals surface area (Å²) < 4.78 is 17.3. The van der Waals surface area contributed by atoms with Gasteiger partial charge in [-0.2, -0.15) is 4.39 Å². The first-order valence-corrected chi connectivity index (χ1v) is 10.9. The van der Waals surface area contributed by atoms with Crippen LogP contribution in [0.3, 0.4) is 0 Å². The van der Waals surface area contributed by atoms with E-state index in [1.807, 2.05) is 30.5 Å². The van der Waals surface area contributed by atoms with Gasteiger partial charge in [-0.25, -0.2) is 4.98 Å². The number of halogens is 1. The molecule has 0 saturated carbocycles. The van der Waals surface area contributed by atoms with Gasteiger partial charge in [0.15, 0.2) is 0 Å². The van der Waals surface area contributed by atoms with Gasteiger partial charge in [-0.1, -0.05) is 12.1 Å². The van der Waals surface area contributed by atoms with Crippen molar-refractivity contribution in [2.45, 2.75) is 32.4 Å². The van der Waals surface area contributed by atoms with Crippen molar-refractivity contribution in [3.8, 4) is 0 Å². The van der Waals surface area contributed by atoms with Crippen molar-refractivity contribution in [3.05, 3.63) is 59.4 Å². The number of fused-ring (bicyclic) bond motifs is 1. The second kappa shape index (κ2) is 7.96. The Labute approximate surface area is 176 Å². The first-order valence-electron chi connectivity index (χ1n) is 10.9. The molecule has 0 radical (unpaired) electrons. The molecule has 3 aromatic rings. The summed E-state index contributed by atoms with van der Waals surface area (Å²) in [5.74, 6) is 0.665. The van der Waals surface area contributed by atoms with E-state index in [1.165, 1.54) is 5.56 Å². The van der Waals surface area contributed by atoms with Crippen molar-refractivity contribution < 1.29 is 4.39 Å². The van der Waals surface area contributed by atoms with Crippen molar-refractivity contribution in [3.63, 3.8) is 0 Å². The Bertz CT molecular complexity index is 1040. The topological polar surface area (TPSA) is 39.9 Å². The Morgan fingerprint density at radius 3 is 2.70 bits per heavy atom. The van der Waals surface area contributed by atoms with E-state index in [1.54, 1.807) is 4.40 Å². The van der Waals surface area contributed by atoms with E-state index in [0.29, 0.717) is 17.9 Å². The number of anilines is 1. The number of likely N-dealkylation sites (tertiary alicyclic amines) is 1. The second-order valence-corrected chi connectivity index (χ2v) is 8.55. The Balaban J connectivity index is 1.45. The Morgan fingerprint density at radius 2 is 1.90 bits per heavy atom. The van der Waals surface area contributed by atoms with Gasteiger partial charge >= 0.3 is 0 Å². The van der Waals surface area contributed by atoms with Crippen molar-refractivity contribution in [1.29, 1.82) is 0 Å². The summed E-state index contributed by atoms with van der Waals surface area (Å²) in [5, 5.41) is 0. The summed E-state index contributed by atoms with van der Waals surface area (Å²) >= 11 is 0. The minimum atomic E-state index is -0.233. The molecule has 0 aliphatic carbocycles. The SMILES string of the molecule is Cc1cccnc1C1CCCN1Cc1nc2cccc(N3CCN(C)CC3)n2c1F. The van der Waals surface area contributed by atoms with Crippen molar-refractivity contribution in [1.82, 2.24) is 24.2 Å². The fourth-order valence-electron chi connectivity index (χ4n) is 4.84. The lowest BCUT2D eigenvalue weighted by Crippen LogP contribution is -2.45. The maximum Gasteiger partial charge on any atom is 0.224 e. The van der Waals surface area contributed by atoms with E-state index in [2.05, 4.69) is 44.7 Å². The molecule has 0 N–H and O–H groups in total. The molecule has 2 saturated heterocycles. The normalized spacial score (nSPS) is 21.0. The minimum absolute atomic E-state index is 0.229. The maximum atomic E-state index is 15.6. The van der Waals surface area contributed by atoms with E-state index >= 15 is 4.39 Å². The molecular formula is C23H29FN6. The number of pyridine rings is 2. The summed E-state index contributed by atoms with van der Waals surface area (Å²) in [6.07, 6.45) is 4.01. The summed E-state index contributed by atoms with van der Waals surface area (Å²) in [6.45, 7) is 7.32. The Hall–Kier alpha value is -2.51. The molecule has 30 heavy (non-hydrogen) atoms. The number of rotatable bonds is 4. The number of hydrogen-bond donors (Lipinski definition) is 0. The molecule has 1 unspecified atom stereocenters. The third-order valence-electron chi connectivity index (χ3n) is 6.54. The van der Waals surface area contributed by atoms with Crippen molar-refractivity contribution >= 4 is 11.5 Å². The lowest BCUT2D eigenvalue weighted by atomic mass is 10.1. The number of aromatic nitrogens is 3. The fourth-order valence-corrected chi connectivity index (χ4v) is 4.84. The zero-order chi connectivity index (χ0) is 20.7. The monoisotopic (exact) mass is 408 g/mol. The number of nitrogens with zero attached hydrogens (tertiary/aromatic N) is 6. The number of hydrogen-bond acceptors (Lipinski definition) is 5. The van der Waals surface area contributed by atoms with Crippen LogP contribution in [0.25, 0.3) is 5.65 Å². The zero-order valence-corrected chi connectivity index (χ0v) is 17.8. The third-order valence-corrected chi connectivity index (χ3v) is 6.54. The fraction of sp³-hybridized carbons (Fsp3) is 0.478. The van der Waals surface area contributed by atoms with Crippen LogP contribution in [0.1, 0.15) is 35.8 Å². The molecular weight excluding hydrogens is 379 g/mol. The number of imidazole rings is 1. The van der Waals surface area contributed by atoms with Crippen LogP contribution in [0.4, 0.5) is 10.2 Å². The molecule has 0 spiro atoms. The summed E-state index contributed by atoms with van der Waals surface area (Å²) in [4.78, 5) is 16.2. The second-order valence-electron chi connectivity index (χ2n) is 8.55. The predicted molar refractivity (Wildman–Crippen MR) is 116 cm³/mol. The van der Waals surface area contributed by atoms with E-state index in [9.17, 15) is 0 Å². The van der Waals surface area contributed by atoms with Gasteiger partial charge in [0.05, 0.1) is 11.7 Å². The average Bonchev–Trinajstić information content (AvgIpc) is 3.34. The van der Waals surface area contributed by atoms with Crippen LogP contribution in [0.2, 0.25) is 0 Å². The first kappa shape index (κ1) is 19.5. The molecule has 2 aliphatic heterocycles. The lowest BCUT2D eigenvalue weighted by molar-refractivity contribution is 0.237. The van der Waals surface area contributed by atoms with Crippen LogP contribution in [0.5, 0.6) is 0 Å². The Morgan fingerprint density at radius 1 is 1.07 bits per heavy atom. The highest BCUT2D eigenvalue weighted by atomic mass is 19.1. The van der Waals surface area contributed by atoms with Gasteiger partial charge in [0.1, 0.15) is 17.2 Å². The molecule has 7 heteroatoms. The summed E-state index contributed by atoms with van der Waals surface area (Å²) in [7, 11) is 2.13. The molecule has 6 nitrogen and oxygen atoms in total. The van der Waals surface area contributed by atoms with Gasteiger partial charge in [0.25, 0.3) is 0 Å². The van der Waals surface area contributed by atoms with Crippen LogP contribution in [0.15, 0.2) is 36.5 Å². The largest absolute Gasteiger partial charge is 0.355 e. The molecule has 3 aromatic heterocycles. The molecule has 0 bridgehead atoms. The van der Waals surface area contributed by atoms with E-state index in [-0.39, 0.29) is 12.0 Å². The highest BCUT2D eigenvalue weighted by molar-refractivity contribution is 5.53. The van der Waals surface area contributed by atoms with Gasteiger partial charge in [0.2, 0.25) is 5.95 Å². The quantitative estimate of drug-likeness (QED) is 0.663. The van der Waals surface area contributed by atoms with E-state index in [4.69, 9.17) is 0 Å². The molecule has 0 aromatic carbocycles. The van der Waals surface area contributed by atoms with Crippen LogP contribution in [-0.4, -0.2) is 63.9 Å². The maximum absolute atomic E-state index is 15.6. The number of aryl methyl sites for hydroxylation is 1. The number of likely N-dealkylation sites (N-methyl/N-ethyl adjacent to an activating group) is 1. The lowest BCUT2D eigenvalue weighted by Gasteiger charge is -2.34. The molecule has 5 rings (SSSR count). The van der Waals surface area contributed by atoms with E-state index < -0.39 is 0 Å². The molecule has 5 heterocycles. The van der Waals surface area contributed by atoms with Crippen LogP contribution in [0, 0.1) is 12.9 Å². The highest BCUT2D eigenvalue weighted by Gasteiger charge is 2.30. The van der Waals surface area contributed by atoms with Crippen LogP contribution >= 0.6 is 0 Å². The van der Waals surface area contributed by atoms with E-state index in [0.717, 1.165) is 57.1 Å². The molecule has 2 fully saturated rings. The number of piperazine rings is 1. The van der Waals surface area contributed by atoms with Crippen molar-refractivity contribution in [2.75, 3.05) is 44.7 Å². The molecule has 1 atom stereocenters. The average molecular weight is 409 g/mol. The first-order chi connectivity index (χ1) is 14.6. The molecule has 158 valence electrons. The van der Waals surface area contributed by atoms with Gasteiger partial charge in [0, 0.05) is 38.9 Å². The summed E-state index contributed by atoms with van der Waals surface area (Å²) in [6, 6.07) is 10.2. The van der Waals surface area contributed by atoms with Crippen LogP contribution in [-0.2, 0) is 6.54 Å². The van der Waals surface area contributed by atoms with Gasteiger partial charge in [-0.3, -0.25) is 14.3 Å². The standard InChI is InChI=1S/C23H29FN6/c1-17-6-4-10-25-22(17)19-7-5-11-29(19)16-18-23(24)30-20(26-18)8-3-9-21(30)28-14-12-27(2)13-15-28/h3-4,6,8-10,19H,5,7,11-16H2,1-2H3. The van der Waals surface area contributed by atoms with Gasteiger partial charge in [-0.05, 0) is 57.1 Å². The van der Waals surface area contributed by atoms with Gasteiger partial charge < -0.3 is 9.80 Å². The smallest absolute Gasteiger partial charge is 0.224 e. The van der Waals surface area contributed by atoms with Gasteiger partial charge in [-0.15, -0.1) is 0 Å². The highest BCUT2D eigenvalue weighted by Crippen LogP contribution is 2.34. The van der Waals surface area contributed by atoms with Crippen LogP contribution < -0.4 is 4.90 Å². The molecule has 2 aliphatic rings. The minimum Gasteiger partial charge on any atom is -0.355 e. The Kier molecular flexibility index (Phi) is 5.16. The van der Waals surface area contributed by atoms with Crippen molar-refractivity contribution in [2.24, 2.45) is 0 Å². The summed E-state index contributed by atoms with van der Waals surface area (Å²) in [5.41, 5.74) is 3.51. The molecule has 0 amide bonds. The third kappa shape index (κ3) is 3.46. The predicted octanol–water partition coefficient (Wildman–Crippen LogP) is 3.27. The zero-order valence-electron chi connectivity index (χ0n) is 17.8.